The van der Waals surface area contributed by atoms with Crippen LogP contribution in [0.2, 0.25) is 0 Å². The Kier molecular flexibility index (Phi) is 7.17. The molecule has 1 atom stereocenters. The molecule has 1 aliphatic rings. The first-order chi connectivity index (χ1) is 11.5. The van der Waals surface area contributed by atoms with Crippen molar-refractivity contribution < 1.29 is 18.7 Å². The quantitative estimate of drug-likeness (QED) is 0.744. The van der Waals surface area contributed by atoms with Crippen molar-refractivity contribution in [2.45, 2.75) is 26.2 Å². The number of likely N-dealkylation sites (tertiary alicyclic amines) is 1. The Bertz CT molecular complexity index is 597. The SMILES string of the molecule is CCOC(=O)[C@H]1CCCN(CCC(=O)Nc2ccc(Br)cc2F)C1. The molecule has 2 rings (SSSR count). The number of amides is 1. The van der Waals surface area contributed by atoms with Gasteiger partial charge in [0, 0.05) is 24.0 Å². The Balaban J connectivity index is 1.79. The summed E-state index contributed by atoms with van der Waals surface area (Å²) in [6.45, 7) is 4.19. The van der Waals surface area contributed by atoms with Crippen molar-refractivity contribution in [2.24, 2.45) is 5.92 Å². The molecule has 132 valence electrons. The minimum Gasteiger partial charge on any atom is -0.466 e. The first-order valence-electron chi connectivity index (χ1n) is 8.13. The maximum atomic E-state index is 13.7. The number of ether oxygens (including phenoxy) is 1. The van der Waals surface area contributed by atoms with Crippen LogP contribution in [0.1, 0.15) is 26.2 Å². The number of carbonyl (C=O) groups is 2. The van der Waals surface area contributed by atoms with Crippen LogP contribution in [0.4, 0.5) is 10.1 Å². The van der Waals surface area contributed by atoms with Crippen molar-refractivity contribution in [3.63, 3.8) is 0 Å². The number of nitrogens with zero attached hydrogens (tertiary/aromatic N) is 1. The van der Waals surface area contributed by atoms with Gasteiger partial charge in [0.15, 0.2) is 0 Å². The number of carbonyl (C=O) groups excluding carboxylic acids is 2. The zero-order chi connectivity index (χ0) is 17.5. The predicted octanol–water partition coefficient (Wildman–Crippen LogP) is 3.19. The van der Waals surface area contributed by atoms with Gasteiger partial charge in [-0.05, 0) is 44.5 Å². The molecule has 24 heavy (non-hydrogen) atoms. The van der Waals surface area contributed by atoms with E-state index in [2.05, 4.69) is 26.1 Å². The van der Waals surface area contributed by atoms with Crippen molar-refractivity contribution in [3.05, 3.63) is 28.5 Å². The summed E-state index contributed by atoms with van der Waals surface area (Å²) in [5.74, 6) is -0.998. The molecule has 1 amide bonds. The van der Waals surface area contributed by atoms with E-state index in [1.807, 2.05) is 0 Å². The van der Waals surface area contributed by atoms with Gasteiger partial charge in [-0.2, -0.15) is 0 Å². The van der Waals surface area contributed by atoms with E-state index in [-0.39, 0.29) is 29.9 Å². The van der Waals surface area contributed by atoms with E-state index in [4.69, 9.17) is 4.74 Å². The Hall–Kier alpha value is -1.47. The van der Waals surface area contributed by atoms with Gasteiger partial charge in [-0.1, -0.05) is 15.9 Å². The third kappa shape index (κ3) is 5.56. The molecule has 1 N–H and O–H groups in total. The topological polar surface area (TPSA) is 58.6 Å². The lowest BCUT2D eigenvalue weighted by molar-refractivity contribution is -0.149. The van der Waals surface area contributed by atoms with E-state index in [9.17, 15) is 14.0 Å². The van der Waals surface area contributed by atoms with Crippen molar-refractivity contribution in [2.75, 3.05) is 31.6 Å². The van der Waals surface area contributed by atoms with Gasteiger partial charge >= 0.3 is 5.97 Å². The normalized spacial score (nSPS) is 18.2. The molecule has 0 bridgehead atoms. The molecule has 1 saturated heterocycles. The average Bonchev–Trinajstić information content (AvgIpc) is 2.56. The summed E-state index contributed by atoms with van der Waals surface area (Å²) in [5, 5.41) is 2.58. The molecular formula is C17H22BrFN2O3. The van der Waals surface area contributed by atoms with Gasteiger partial charge in [-0.3, -0.25) is 9.59 Å². The van der Waals surface area contributed by atoms with E-state index in [0.29, 0.717) is 24.2 Å². The number of esters is 1. The summed E-state index contributed by atoms with van der Waals surface area (Å²) in [4.78, 5) is 25.9. The van der Waals surface area contributed by atoms with Gasteiger partial charge in [-0.25, -0.2) is 4.39 Å². The van der Waals surface area contributed by atoms with Crippen LogP contribution in [0.5, 0.6) is 0 Å². The first-order valence-corrected chi connectivity index (χ1v) is 8.92. The third-order valence-electron chi connectivity index (χ3n) is 3.99. The fourth-order valence-electron chi connectivity index (χ4n) is 2.77. The number of anilines is 1. The Morgan fingerprint density at radius 1 is 1.46 bits per heavy atom. The number of rotatable bonds is 6. The van der Waals surface area contributed by atoms with E-state index in [1.165, 1.54) is 12.1 Å². The zero-order valence-corrected chi connectivity index (χ0v) is 15.3. The van der Waals surface area contributed by atoms with Crippen molar-refractivity contribution in [1.82, 2.24) is 4.90 Å². The van der Waals surface area contributed by atoms with Crippen LogP contribution in [0.15, 0.2) is 22.7 Å². The molecule has 1 aromatic carbocycles. The first kappa shape index (κ1) is 18.9. The monoisotopic (exact) mass is 400 g/mol. The second kappa shape index (κ2) is 9.13. The smallest absolute Gasteiger partial charge is 0.310 e. The highest BCUT2D eigenvalue weighted by molar-refractivity contribution is 9.10. The summed E-state index contributed by atoms with van der Waals surface area (Å²) in [5.41, 5.74) is 0.172. The van der Waals surface area contributed by atoms with Gasteiger partial charge in [0.05, 0.1) is 18.2 Å². The van der Waals surface area contributed by atoms with Crippen LogP contribution in [-0.4, -0.2) is 43.0 Å². The molecule has 0 radical (unpaired) electrons. The Morgan fingerprint density at radius 2 is 2.25 bits per heavy atom. The molecule has 5 nitrogen and oxygen atoms in total. The summed E-state index contributed by atoms with van der Waals surface area (Å²) in [7, 11) is 0. The van der Waals surface area contributed by atoms with Crippen LogP contribution >= 0.6 is 15.9 Å². The van der Waals surface area contributed by atoms with Gasteiger partial charge < -0.3 is 15.0 Å². The number of halogens is 2. The lowest BCUT2D eigenvalue weighted by atomic mass is 9.98. The molecule has 7 heteroatoms. The summed E-state index contributed by atoms with van der Waals surface area (Å²) >= 11 is 3.18. The number of piperidine rings is 1. The minimum absolute atomic E-state index is 0.120. The molecule has 0 saturated carbocycles. The van der Waals surface area contributed by atoms with Crippen molar-refractivity contribution in [3.8, 4) is 0 Å². The summed E-state index contributed by atoms with van der Waals surface area (Å²) in [6.07, 6.45) is 1.99. The van der Waals surface area contributed by atoms with E-state index in [1.54, 1.807) is 13.0 Å². The van der Waals surface area contributed by atoms with E-state index < -0.39 is 5.82 Å². The van der Waals surface area contributed by atoms with Crippen LogP contribution in [0, 0.1) is 11.7 Å². The standard InChI is InChI=1S/C17H22BrFN2O3/c1-2-24-17(23)12-4-3-8-21(11-12)9-7-16(22)20-15-6-5-13(18)10-14(15)19/h5-6,10,12H,2-4,7-9,11H2,1H3,(H,20,22)/t12-/m0/s1. The largest absolute Gasteiger partial charge is 0.466 e. The molecule has 1 heterocycles. The maximum absolute atomic E-state index is 13.7. The predicted molar refractivity (Wildman–Crippen MR) is 93.1 cm³/mol. The fourth-order valence-corrected chi connectivity index (χ4v) is 3.11. The molecular weight excluding hydrogens is 379 g/mol. The van der Waals surface area contributed by atoms with E-state index in [0.717, 1.165) is 19.4 Å². The highest BCUT2D eigenvalue weighted by Gasteiger charge is 2.26. The summed E-state index contributed by atoms with van der Waals surface area (Å²) in [6, 6.07) is 4.51. The van der Waals surface area contributed by atoms with Gasteiger partial charge in [0.2, 0.25) is 5.91 Å². The number of nitrogens with one attached hydrogen (secondary N) is 1. The van der Waals surface area contributed by atoms with Gasteiger partial charge in [-0.15, -0.1) is 0 Å². The summed E-state index contributed by atoms with van der Waals surface area (Å²) < 4.78 is 19.4. The molecule has 0 aliphatic carbocycles. The lowest BCUT2D eigenvalue weighted by Crippen LogP contribution is -2.40. The zero-order valence-electron chi connectivity index (χ0n) is 13.7. The third-order valence-corrected chi connectivity index (χ3v) is 4.48. The molecule has 1 fully saturated rings. The van der Waals surface area contributed by atoms with Crippen LogP contribution in [0.3, 0.4) is 0 Å². The lowest BCUT2D eigenvalue weighted by Gasteiger charge is -2.31. The number of hydrogen-bond acceptors (Lipinski definition) is 4. The van der Waals surface area contributed by atoms with Crippen LogP contribution in [-0.2, 0) is 14.3 Å². The highest BCUT2D eigenvalue weighted by Crippen LogP contribution is 2.20. The van der Waals surface area contributed by atoms with Gasteiger partial charge in [0.25, 0.3) is 0 Å². The minimum atomic E-state index is -0.474. The van der Waals surface area contributed by atoms with E-state index >= 15 is 0 Å². The Morgan fingerprint density at radius 3 is 2.96 bits per heavy atom. The van der Waals surface area contributed by atoms with Crippen molar-refractivity contribution in [1.29, 1.82) is 0 Å². The molecule has 1 aromatic rings. The second-order valence-corrected chi connectivity index (χ2v) is 6.73. The molecule has 0 unspecified atom stereocenters. The highest BCUT2D eigenvalue weighted by atomic mass is 79.9. The fraction of sp³-hybridized carbons (Fsp3) is 0.529. The molecule has 0 aromatic heterocycles. The van der Waals surface area contributed by atoms with Crippen LogP contribution < -0.4 is 5.32 Å². The number of benzene rings is 1. The Labute approximate surface area is 149 Å². The number of hydrogen-bond donors (Lipinski definition) is 1. The molecule has 1 aliphatic heterocycles. The maximum Gasteiger partial charge on any atom is 0.310 e. The average molecular weight is 401 g/mol. The van der Waals surface area contributed by atoms with Gasteiger partial charge in [0.1, 0.15) is 5.82 Å². The van der Waals surface area contributed by atoms with Crippen LogP contribution in [0.25, 0.3) is 0 Å². The second-order valence-electron chi connectivity index (χ2n) is 5.81. The van der Waals surface area contributed by atoms with Crippen molar-refractivity contribution >= 4 is 33.5 Å². The molecule has 0 spiro atoms.